The van der Waals surface area contributed by atoms with E-state index in [1.807, 2.05) is 18.3 Å². The molecule has 0 N–H and O–H groups in total. The van der Waals surface area contributed by atoms with Crippen LogP contribution >= 0.6 is 0 Å². The summed E-state index contributed by atoms with van der Waals surface area (Å²) in [6, 6.07) is 53.2. The third-order valence-corrected chi connectivity index (χ3v) is 12.5. The predicted molar refractivity (Wildman–Crippen MR) is 231 cm³/mol. The van der Waals surface area contributed by atoms with Gasteiger partial charge in [0.1, 0.15) is 16.8 Å². The van der Waals surface area contributed by atoms with Gasteiger partial charge in [-0.2, -0.15) is 0 Å². The van der Waals surface area contributed by atoms with Gasteiger partial charge in [0, 0.05) is 50.4 Å². The summed E-state index contributed by atoms with van der Waals surface area (Å²) in [4.78, 5) is 4.91. The van der Waals surface area contributed by atoms with Crippen molar-refractivity contribution in [3.63, 3.8) is 0 Å². The number of para-hydroxylation sites is 2. The van der Waals surface area contributed by atoms with Crippen LogP contribution in [0, 0.1) is 0 Å². The molecule has 0 saturated carbocycles. The fraction of sp³-hybridized carbons (Fsp3) is 0.118. The van der Waals surface area contributed by atoms with Gasteiger partial charge in [-0.3, -0.25) is 4.40 Å². The van der Waals surface area contributed by atoms with Crippen LogP contribution in [0.4, 0.5) is 0 Å². The molecule has 264 valence electrons. The molecular formula is C51H39N3O. The Morgan fingerprint density at radius 1 is 0.527 bits per heavy atom. The zero-order valence-electron chi connectivity index (χ0n) is 31.2. The number of rotatable bonds is 6. The highest BCUT2D eigenvalue weighted by molar-refractivity contribution is 6.14. The second-order valence-corrected chi connectivity index (χ2v) is 15.3. The second kappa shape index (κ2) is 11.9. The van der Waals surface area contributed by atoms with Crippen LogP contribution in [0.25, 0.3) is 99.0 Å². The Morgan fingerprint density at radius 2 is 1.15 bits per heavy atom. The monoisotopic (exact) mass is 709 g/mol. The van der Waals surface area contributed by atoms with Gasteiger partial charge in [-0.25, -0.2) is 4.98 Å². The van der Waals surface area contributed by atoms with Crippen molar-refractivity contribution < 1.29 is 4.42 Å². The van der Waals surface area contributed by atoms with Crippen LogP contribution in [0.3, 0.4) is 0 Å². The summed E-state index contributed by atoms with van der Waals surface area (Å²) in [5.74, 6) is 0. The molecule has 0 atom stereocenters. The molecule has 0 amide bonds. The highest BCUT2D eigenvalue weighted by atomic mass is 16.3. The first kappa shape index (κ1) is 31.8. The SMILES string of the molecule is CCC(C)(CC)c1cccc2c3cc(-c4cccc(-n5c6ccccc6c6cc(-c7ccc8oc9ccccc9c8c7)ccc65)c4)ccc3n3ccnc3c12. The van der Waals surface area contributed by atoms with Gasteiger partial charge >= 0.3 is 0 Å². The van der Waals surface area contributed by atoms with E-state index < -0.39 is 0 Å². The zero-order chi connectivity index (χ0) is 36.8. The smallest absolute Gasteiger partial charge is 0.145 e. The first-order chi connectivity index (χ1) is 27.0. The van der Waals surface area contributed by atoms with E-state index in [1.54, 1.807) is 0 Å². The van der Waals surface area contributed by atoms with E-state index in [4.69, 9.17) is 9.40 Å². The molecule has 4 heteroatoms. The van der Waals surface area contributed by atoms with E-state index in [2.05, 4.69) is 169 Å². The summed E-state index contributed by atoms with van der Waals surface area (Å²) in [6.45, 7) is 7.00. The van der Waals surface area contributed by atoms with Gasteiger partial charge < -0.3 is 8.98 Å². The van der Waals surface area contributed by atoms with E-state index in [0.29, 0.717) is 0 Å². The first-order valence-electron chi connectivity index (χ1n) is 19.4. The molecule has 0 aliphatic rings. The molecule has 55 heavy (non-hydrogen) atoms. The van der Waals surface area contributed by atoms with Gasteiger partial charge in [-0.05, 0) is 112 Å². The van der Waals surface area contributed by atoms with Crippen molar-refractivity contribution in [3.05, 3.63) is 164 Å². The third kappa shape index (κ3) is 4.67. The molecule has 0 aliphatic carbocycles. The van der Waals surface area contributed by atoms with Crippen LogP contribution in [0.2, 0.25) is 0 Å². The van der Waals surface area contributed by atoms with Gasteiger partial charge in [0.05, 0.1) is 16.6 Å². The fourth-order valence-electron chi connectivity index (χ4n) is 9.14. The average molecular weight is 710 g/mol. The number of pyridine rings is 1. The molecule has 11 rings (SSSR count). The van der Waals surface area contributed by atoms with Gasteiger partial charge in [0.25, 0.3) is 0 Å². The van der Waals surface area contributed by atoms with Crippen LogP contribution < -0.4 is 0 Å². The van der Waals surface area contributed by atoms with Crippen molar-refractivity contribution >= 4 is 71.1 Å². The van der Waals surface area contributed by atoms with Crippen LogP contribution in [0.5, 0.6) is 0 Å². The lowest BCUT2D eigenvalue weighted by Gasteiger charge is -2.29. The molecule has 4 aromatic heterocycles. The largest absolute Gasteiger partial charge is 0.456 e. The number of hydrogen-bond acceptors (Lipinski definition) is 2. The van der Waals surface area contributed by atoms with Gasteiger partial charge in [-0.1, -0.05) is 106 Å². The minimum absolute atomic E-state index is 0.0664. The Hall–Kier alpha value is -6.65. The number of furan rings is 1. The van der Waals surface area contributed by atoms with E-state index in [9.17, 15) is 0 Å². The van der Waals surface area contributed by atoms with Gasteiger partial charge in [0.15, 0.2) is 0 Å². The van der Waals surface area contributed by atoms with Crippen LogP contribution in [-0.4, -0.2) is 14.0 Å². The summed E-state index contributed by atoms with van der Waals surface area (Å²) < 4.78 is 10.8. The molecular weight excluding hydrogens is 671 g/mol. The molecule has 0 bridgehead atoms. The minimum atomic E-state index is 0.0664. The Kier molecular flexibility index (Phi) is 6.90. The molecule has 4 nitrogen and oxygen atoms in total. The summed E-state index contributed by atoms with van der Waals surface area (Å²) >= 11 is 0. The summed E-state index contributed by atoms with van der Waals surface area (Å²) in [5, 5.41) is 8.53. The number of nitrogens with zero attached hydrogens (tertiary/aromatic N) is 3. The normalized spacial score (nSPS) is 12.4. The van der Waals surface area contributed by atoms with Gasteiger partial charge in [-0.15, -0.1) is 0 Å². The lowest BCUT2D eigenvalue weighted by atomic mass is 9.76. The number of aromatic nitrogens is 3. The summed E-state index contributed by atoms with van der Waals surface area (Å²) in [5.41, 5.74) is 13.8. The van der Waals surface area contributed by atoms with Crippen LogP contribution in [-0.2, 0) is 5.41 Å². The Labute approximate surface area is 318 Å². The molecule has 0 fully saturated rings. The van der Waals surface area contributed by atoms with Crippen molar-refractivity contribution in [2.45, 2.75) is 39.0 Å². The van der Waals surface area contributed by atoms with Crippen molar-refractivity contribution in [1.82, 2.24) is 14.0 Å². The molecule has 0 aliphatic heterocycles. The summed E-state index contributed by atoms with van der Waals surface area (Å²) in [6.07, 6.45) is 6.19. The predicted octanol–water partition coefficient (Wildman–Crippen LogP) is 14.0. The fourth-order valence-corrected chi connectivity index (χ4v) is 9.14. The molecule has 0 radical (unpaired) electrons. The first-order valence-corrected chi connectivity index (χ1v) is 19.4. The van der Waals surface area contributed by atoms with Crippen molar-refractivity contribution in [2.75, 3.05) is 0 Å². The van der Waals surface area contributed by atoms with Crippen molar-refractivity contribution in [1.29, 1.82) is 0 Å². The number of benzene rings is 7. The third-order valence-electron chi connectivity index (χ3n) is 12.5. The molecule has 7 aromatic carbocycles. The van der Waals surface area contributed by atoms with Gasteiger partial charge in [0.2, 0.25) is 0 Å². The van der Waals surface area contributed by atoms with E-state index in [0.717, 1.165) is 46.1 Å². The van der Waals surface area contributed by atoms with E-state index in [1.165, 1.54) is 71.3 Å². The number of imidazole rings is 1. The quantitative estimate of drug-likeness (QED) is 0.161. The molecule has 11 aromatic rings. The lowest BCUT2D eigenvalue weighted by Crippen LogP contribution is -2.20. The average Bonchev–Trinajstić information content (AvgIpc) is 3.97. The van der Waals surface area contributed by atoms with Crippen LogP contribution in [0.1, 0.15) is 39.2 Å². The highest BCUT2D eigenvalue weighted by Gasteiger charge is 2.27. The molecule has 0 spiro atoms. The molecule has 4 heterocycles. The van der Waals surface area contributed by atoms with E-state index in [-0.39, 0.29) is 5.41 Å². The molecule has 0 saturated heterocycles. The van der Waals surface area contributed by atoms with E-state index >= 15 is 0 Å². The Bertz CT molecular complexity index is 3320. The maximum Gasteiger partial charge on any atom is 0.145 e. The zero-order valence-corrected chi connectivity index (χ0v) is 31.2. The Balaban J connectivity index is 1.06. The van der Waals surface area contributed by atoms with Crippen molar-refractivity contribution in [3.8, 4) is 27.9 Å². The van der Waals surface area contributed by atoms with Crippen molar-refractivity contribution in [2.24, 2.45) is 0 Å². The second-order valence-electron chi connectivity index (χ2n) is 15.3. The maximum absolute atomic E-state index is 6.14. The highest BCUT2D eigenvalue weighted by Crippen LogP contribution is 2.42. The maximum atomic E-state index is 6.14. The standard InChI is InChI=1S/C51H39N3O/c1-4-51(3,5-2)43-17-11-16-39-41-30-33(20-23-44(41)53-27-26-52-50(53)49(39)43)32-12-10-13-36(28-32)54-45-18-8-6-14-37(45)40-29-34(21-24-46(40)54)35-22-25-48-42(31-35)38-15-7-9-19-47(38)55-48/h6-31H,4-5H2,1-3H3. The number of fused-ring (bicyclic) bond motifs is 12. The summed E-state index contributed by atoms with van der Waals surface area (Å²) in [7, 11) is 0. The number of hydrogen-bond donors (Lipinski definition) is 0. The topological polar surface area (TPSA) is 35.4 Å². The Morgan fingerprint density at radius 3 is 1.96 bits per heavy atom. The lowest BCUT2D eigenvalue weighted by molar-refractivity contribution is 0.443. The molecule has 0 unspecified atom stereocenters. The van der Waals surface area contributed by atoms with Crippen LogP contribution in [0.15, 0.2) is 162 Å². The minimum Gasteiger partial charge on any atom is -0.456 e.